The average Bonchev–Trinajstić information content (AvgIpc) is 2.43. The van der Waals surface area contributed by atoms with Crippen molar-refractivity contribution in [1.29, 1.82) is 0 Å². The summed E-state index contributed by atoms with van der Waals surface area (Å²) in [7, 11) is 3.15. The Hall–Kier alpha value is -1.13. The second kappa shape index (κ2) is 8.12. The fourth-order valence-electron chi connectivity index (χ4n) is 2.29. The Morgan fingerprint density at radius 2 is 2.00 bits per heavy atom. The molecule has 1 N–H and O–H groups in total. The number of hydrogen-bond acceptors (Lipinski definition) is 3. The van der Waals surface area contributed by atoms with Crippen molar-refractivity contribution in [3.05, 3.63) is 29.6 Å². The number of benzene rings is 1. The molecule has 0 heterocycles. The maximum absolute atomic E-state index is 14.4. The van der Waals surface area contributed by atoms with Crippen LogP contribution >= 0.6 is 0 Å². The minimum absolute atomic E-state index is 0.0495. The number of hydrogen-bond donors (Lipinski definition) is 1. The Kier molecular flexibility index (Phi) is 6.81. The van der Waals surface area contributed by atoms with Crippen LogP contribution in [0.1, 0.15) is 38.3 Å². The lowest BCUT2D eigenvalue weighted by atomic mass is 9.97. The monoisotopic (exact) mass is 269 g/mol. The molecule has 1 rings (SSSR count). The van der Waals surface area contributed by atoms with Gasteiger partial charge in [-0.25, -0.2) is 4.39 Å². The zero-order chi connectivity index (χ0) is 14.3. The summed E-state index contributed by atoms with van der Waals surface area (Å²) in [6.07, 6.45) is 1.82. The molecule has 0 aromatic heterocycles. The summed E-state index contributed by atoms with van der Waals surface area (Å²) in [5.74, 6) is -0.0409. The van der Waals surface area contributed by atoms with E-state index < -0.39 is 0 Å². The standard InChI is InChI=1S/C15H24FNO2/c1-5-8-13(19-4)15(17-6-2)11-9-7-10-12(18-3)14(11)16/h7,9-10,13,15,17H,5-6,8H2,1-4H3. The summed E-state index contributed by atoms with van der Waals surface area (Å²) in [6, 6.07) is 5.06. The Labute approximate surface area is 115 Å². The third kappa shape index (κ3) is 3.91. The molecule has 0 aliphatic rings. The van der Waals surface area contributed by atoms with Gasteiger partial charge in [0.05, 0.1) is 19.3 Å². The largest absolute Gasteiger partial charge is 0.494 e. The fourth-order valence-corrected chi connectivity index (χ4v) is 2.29. The van der Waals surface area contributed by atoms with Gasteiger partial charge >= 0.3 is 0 Å². The zero-order valence-corrected chi connectivity index (χ0v) is 12.2. The second-order valence-corrected chi connectivity index (χ2v) is 4.46. The molecule has 0 radical (unpaired) electrons. The van der Waals surface area contributed by atoms with Crippen LogP contribution in [0.15, 0.2) is 18.2 Å². The van der Waals surface area contributed by atoms with Crippen LogP contribution in [0.4, 0.5) is 4.39 Å². The summed E-state index contributed by atoms with van der Waals surface area (Å²) in [5, 5.41) is 3.31. The first kappa shape index (κ1) is 15.9. The number of ether oxygens (including phenoxy) is 2. The number of rotatable bonds is 8. The first-order chi connectivity index (χ1) is 9.19. The number of methoxy groups -OCH3 is 2. The van der Waals surface area contributed by atoms with E-state index >= 15 is 0 Å². The predicted molar refractivity (Wildman–Crippen MR) is 75.1 cm³/mol. The van der Waals surface area contributed by atoms with E-state index in [2.05, 4.69) is 12.2 Å². The Morgan fingerprint density at radius 1 is 1.26 bits per heavy atom. The van der Waals surface area contributed by atoms with Crippen molar-refractivity contribution >= 4 is 0 Å². The molecular formula is C15H24FNO2. The van der Waals surface area contributed by atoms with Crippen molar-refractivity contribution in [3.63, 3.8) is 0 Å². The van der Waals surface area contributed by atoms with Gasteiger partial charge in [-0.15, -0.1) is 0 Å². The van der Waals surface area contributed by atoms with Gasteiger partial charge in [0.15, 0.2) is 11.6 Å². The summed E-state index contributed by atoms with van der Waals surface area (Å²) in [4.78, 5) is 0. The van der Waals surface area contributed by atoms with Crippen LogP contribution in [0.25, 0.3) is 0 Å². The summed E-state index contributed by atoms with van der Waals surface area (Å²) < 4.78 is 24.9. The second-order valence-electron chi connectivity index (χ2n) is 4.46. The normalized spacial score (nSPS) is 14.2. The van der Waals surface area contributed by atoms with Crippen LogP contribution < -0.4 is 10.1 Å². The highest BCUT2D eigenvalue weighted by Gasteiger charge is 2.25. The minimum Gasteiger partial charge on any atom is -0.494 e. The Bertz CT molecular complexity index is 384. The molecule has 0 amide bonds. The van der Waals surface area contributed by atoms with Crippen LogP contribution in [-0.2, 0) is 4.74 Å². The van der Waals surface area contributed by atoms with E-state index in [1.807, 2.05) is 6.92 Å². The van der Waals surface area contributed by atoms with E-state index in [0.29, 0.717) is 5.56 Å². The minimum atomic E-state index is -0.311. The van der Waals surface area contributed by atoms with Gasteiger partial charge in [-0.1, -0.05) is 32.4 Å². The van der Waals surface area contributed by atoms with Crippen LogP contribution in [-0.4, -0.2) is 26.9 Å². The molecule has 0 fully saturated rings. The van der Waals surface area contributed by atoms with Crippen LogP contribution in [0.3, 0.4) is 0 Å². The number of halogens is 1. The molecule has 4 heteroatoms. The SMILES string of the molecule is CCCC(OC)C(NCC)c1cccc(OC)c1F. The van der Waals surface area contributed by atoms with Crippen LogP contribution in [0.2, 0.25) is 0 Å². The van der Waals surface area contributed by atoms with Gasteiger partial charge < -0.3 is 14.8 Å². The highest BCUT2D eigenvalue weighted by atomic mass is 19.1. The molecule has 3 nitrogen and oxygen atoms in total. The summed E-state index contributed by atoms with van der Waals surface area (Å²) in [6.45, 7) is 4.85. The molecule has 0 saturated heterocycles. The zero-order valence-electron chi connectivity index (χ0n) is 12.2. The molecule has 0 saturated carbocycles. The van der Waals surface area contributed by atoms with Crippen molar-refractivity contribution in [2.45, 2.75) is 38.8 Å². The molecule has 108 valence electrons. The summed E-state index contributed by atoms with van der Waals surface area (Å²) in [5.41, 5.74) is 0.599. The highest BCUT2D eigenvalue weighted by Crippen LogP contribution is 2.29. The van der Waals surface area contributed by atoms with Crippen molar-refractivity contribution in [3.8, 4) is 5.75 Å². The Balaban J connectivity index is 3.10. The van der Waals surface area contributed by atoms with E-state index in [1.54, 1.807) is 25.3 Å². The third-order valence-corrected chi connectivity index (χ3v) is 3.22. The molecule has 0 bridgehead atoms. The maximum Gasteiger partial charge on any atom is 0.169 e. The lowest BCUT2D eigenvalue weighted by Gasteiger charge is -2.27. The van der Waals surface area contributed by atoms with E-state index in [4.69, 9.17) is 9.47 Å². The average molecular weight is 269 g/mol. The van der Waals surface area contributed by atoms with Crippen molar-refractivity contribution < 1.29 is 13.9 Å². The van der Waals surface area contributed by atoms with Crippen LogP contribution in [0.5, 0.6) is 5.75 Å². The molecule has 0 aliphatic heterocycles. The third-order valence-electron chi connectivity index (χ3n) is 3.22. The number of nitrogens with one attached hydrogen (secondary N) is 1. The van der Waals surface area contributed by atoms with E-state index in [0.717, 1.165) is 19.4 Å². The quantitative estimate of drug-likeness (QED) is 0.785. The molecular weight excluding hydrogens is 245 g/mol. The van der Waals surface area contributed by atoms with Crippen LogP contribution in [0, 0.1) is 5.82 Å². The molecule has 1 aromatic rings. The van der Waals surface area contributed by atoms with Gasteiger partial charge in [-0.2, -0.15) is 0 Å². The van der Waals surface area contributed by atoms with E-state index in [-0.39, 0.29) is 23.7 Å². The predicted octanol–water partition coefficient (Wildman–Crippen LogP) is 3.30. The van der Waals surface area contributed by atoms with Gasteiger partial charge in [-0.3, -0.25) is 0 Å². The van der Waals surface area contributed by atoms with Crippen molar-refractivity contribution in [1.82, 2.24) is 5.32 Å². The summed E-state index contributed by atoms with van der Waals surface area (Å²) >= 11 is 0. The van der Waals surface area contributed by atoms with Gasteiger partial charge in [0.25, 0.3) is 0 Å². The topological polar surface area (TPSA) is 30.5 Å². The molecule has 1 aromatic carbocycles. The van der Waals surface area contributed by atoms with Gasteiger partial charge in [0, 0.05) is 12.7 Å². The van der Waals surface area contributed by atoms with E-state index in [9.17, 15) is 4.39 Å². The van der Waals surface area contributed by atoms with Crippen molar-refractivity contribution in [2.24, 2.45) is 0 Å². The molecule has 0 spiro atoms. The fraction of sp³-hybridized carbons (Fsp3) is 0.600. The molecule has 2 atom stereocenters. The molecule has 19 heavy (non-hydrogen) atoms. The molecule has 2 unspecified atom stereocenters. The Morgan fingerprint density at radius 3 is 2.53 bits per heavy atom. The lowest BCUT2D eigenvalue weighted by molar-refractivity contribution is 0.0598. The number of likely N-dealkylation sites (N-methyl/N-ethyl adjacent to an activating group) is 1. The van der Waals surface area contributed by atoms with Crippen molar-refractivity contribution in [2.75, 3.05) is 20.8 Å². The van der Waals surface area contributed by atoms with E-state index in [1.165, 1.54) is 7.11 Å². The first-order valence-electron chi connectivity index (χ1n) is 6.78. The van der Waals surface area contributed by atoms with Gasteiger partial charge in [-0.05, 0) is 19.0 Å². The lowest BCUT2D eigenvalue weighted by Crippen LogP contribution is -2.34. The smallest absolute Gasteiger partial charge is 0.169 e. The van der Waals surface area contributed by atoms with Gasteiger partial charge in [0.1, 0.15) is 0 Å². The maximum atomic E-state index is 14.4. The highest BCUT2D eigenvalue weighted by molar-refractivity contribution is 5.33. The molecule has 0 aliphatic carbocycles. The first-order valence-corrected chi connectivity index (χ1v) is 6.78. The van der Waals surface area contributed by atoms with Gasteiger partial charge in [0.2, 0.25) is 0 Å².